The Bertz CT molecular complexity index is 238. The maximum Gasteiger partial charge on any atom is 0.0777 e. The molecule has 0 bridgehead atoms. The minimum atomic E-state index is 0.477. The van der Waals surface area contributed by atoms with Gasteiger partial charge in [-0.15, -0.1) is 0 Å². The third-order valence-electron chi connectivity index (χ3n) is 2.12. The predicted octanol–water partition coefficient (Wildman–Crippen LogP) is 1.15. The molecule has 0 aromatic carbocycles. The number of aromatic nitrogens is 2. The summed E-state index contributed by atoms with van der Waals surface area (Å²) < 4.78 is 7.32. The van der Waals surface area contributed by atoms with Gasteiger partial charge in [0.1, 0.15) is 0 Å². The molecule has 1 unspecified atom stereocenters. The van der Waals surface area contributed by atoms with E-state index in [1.165, 1.54) is 5.69 Å². The van der Waals surface area contributed by atoms with E-state index >= 15 is 0 Å². The van der Waals surface area contributed by atoms with Crippen LogP contribution in [-0.2, 0) is 4.74 Å². The summed E-state index contributed by atoms with van der Waals surface area (Å²) >= 11 is 0. The first-order chi connectivity index (χ1) is 5.38. The molecular weight excluding hydrogens is 140 g/mol. The number of ether oxygens (including phenoxy) is 1. The summed E-state index contributed by atoms with van der Waals surface area (Å²) in [6, 6.07) is 2.50. The summed E-state index contributed by atoms with van der Waals surface area (Å²) in [7, 11) is 0. The molecular formula is C8H12N2O. The van der Waals surface area contributed by atoms with E-state index in [9.17, 15) is 0 Å². The van der Waals surface area contributed by atoms with Gasteiger partial charge in [0, 0.05) is 18.5 Å². The second kappa shape index (κ2) is 2.66. The van der Waals surface area contributed by atoms with Crippen LogP contribution in [0.15, 0.2) is 12.3 Å². The molecule has 1 aromatic heterocycles. The molecule has 0 saturated carbocycles. The van der Waals surface area contributed by atoms with Crippen molar-refractivity contribution in [2.75, 3.05) is 13.2 Å². The van der Waals surface area contributed by atoms with Gasteiger partial charge in [0.15, 0.2) is 0 Å². The Labute approximate surface area is 66.0 Å². The van der Waals surface area contributed by atoms with Gasteiger partial charge in [-0.1, -0.05) is 0 Å². The number of rotatable bonds is 1. The monoisotopic (exact) mass is 152 g/mol. The lowest BCUT2D eigenvalue weighted by Crippen LogP contribution is -2.11. The topological polar surface area (TPSA) is 27.1 Å². The molecule has 0 amide bonds. The van der Waals surface area contributed by atoms with Crippen LogP contribution < -0.4 is 0 Å². The van der Waals surface area contributed by atoms with Crippen molar-refractivity contribution in [2.24, 2.45) is 0 Å². The summed E-state index contributed by atoms with van der Waals surface area (Å²) in [4.78, 5) is 0. The van der Waals surface area contributed by atoms with E-state index in [2.05, 4.69) is 12.0 Å². The van der Waals surface area contributed by atoms with Crippen molar-refractivity contribution in [1.82, 2.24) is 9.78 Å². The Hall–Kier alpha value is -0.830. The quantitative estimate of drug-likeness (QED) is 0.603. The smallest absolute Gasteiger partial charge is 0.0777 e. The summed E-state index contributed by atoms with van der Waals surface area (Å²) in [5.74, 6) is 0. The molecule has 2 rings (SSSR count). The zero-order valence-corrected chi connectivity index (χ0v) is 6.66. The zero-order chi connectivity index (χ0) is 7.68. The molecule has 0 aliphatic carbocycles. The Balaban J connectivity index is 2.21. The van der Waals surface area contributed by atoms with Crippen molar-refractivity contribution in [2.45, 2.75) is 19.4 Å². The van der Waals surface area contributed by atoms with E-state index in [0.717, 1.165) is 19.6 Å². The number of hydrogen-bond donors (Lipinski definition) is 0. The summed E-state index contributed by atoms with van der Waals surface area (Å²) in [6.07, 6.45) is 2.94. The minimum Gasteiger partial charge on any atom is -0.379 e. The van der Waals surface area contributed by atoms with Crippen molar-refractivity contribution >= 4 is 0 Å². The van der Waals surface area contributed by atoms with Crippen molar-refractivity contribution < 1.29 is 4.74 Å². The summed E-state index contributed by atoms with van der Waals surface area (Å²) in [5, 5.41) is 4.23. The molecule has 1 aliphatic heterocycles. The van der Waals surface area contributed by atoms with Crippen LogP contribution in [0.3, 0.4) is 0 Å². The van der Waals surface area contributed by atoms with Crippen molar-refractivity contribution in [3.05, 3.63) is 18.0 Å². The fourth-order valence-electron chi connectivity index (χ4n) is 1.48. The lowest BCUT2D eigenvalue weighted by atomic mass is 10.2. The lowest BCUT2D eigenvalue weighted by molar-refractivity contribution is 0.184. The third kappa shape index (κ3) is 1.16. The molecule has 11 heavy (non-hydrogen) atoms. The molecule has 0 radical (unpaired) electrons. The van der Waals surface area contributed by atoms with E-state index in [1.807, 2.05) is 16.9 Å². The second-order valence-corrected chi connectivity index (χ2v) is 2.93. The standard InChI is InChI=1S/C8H12N2O/c1-7-2-4-9-10(7)8-3-5-11-6-8/h2,4,8H,3,5-6H2,1H3. The van der Waals surface area contributed by atoms with E-state index in [0.29, 0.717) is 6.04 Å². The average Bonchev–Trinajstić information content (AvgIpc) is 2.55. The fourth-order valence-corrected chi connectivity index (χ4v) is 1.48. The minimum absolute atomic E-state index is 0.477. The van der Waals surface area contributed by atoms with Gasteiger partial charge in [0.05, 0.1) is 12.6 Å². The van der Waals surface area contributed by atoms with Gasteiger partial charge in [-0.05, 0) is 19.4 Å². The molecule has 60 valence electrons. The Morgan fingerprint density at radius 3 is 3.18 bits per heavy atom. The first-order valence-corrected chi connectivity index (χ1v) is 3.96. The van der Waals surface area contributed by atoms with Gasteiger partial charge >= 0.3 is 0 Å². The van der Waals surface area contributed by atoms with Crippen LogP contribution in [0.5, 0.6) is 0 Å². The highest BCUT2D eigenvalue weighted by atomic mass is 16.5. The van der Waals surface area contributed by atoms with Gasteiger partial charge in [0.25, 0.3) is 0 Å². The van der Waals surface area contributed by atoms with Gasteiger partial charge in [-0.3, -0.25) is 4.68 Å². The van der Waals surface area contributed by atoms with E-state index < -0.39 is 0 Å². The largest absolute Gasteiger partial charge is 0.379 e. The Kier molecular flexibility index (Phi) is 1.66. The third-order valence-corrected chi connectivity index (χ3v) is 2.12. The van der Waals surface area contributed by atoms with Gasteiger partial charge in [-0.2, -0.15) is 5.10 Å². The maximum absolute atomic E-state index is 5.28. The van der Waals surface area contributed by atoms with Gasteiger partial charge < -0.3 is 4.74 Å². The maximum atomic E-state index is 5.28. The van der Waals surface area contributed by atoms with Crippen LogP contribution in [0.1, 0.15) is 18.2 Å². The van der Waals surface area contributed by atoms with Crippen LogP contribution in [-0.4, -0.2) is 23.0 Å². The van der Waals surface area contributed by atoms with Gasteiger partial charge in [0.2, 0.25) is 0 Å². The number of nitrogens with zero attached hydrogens (tertiary/aromatic N) is 2. The molecule has 1 saturated heterocycles. The lowest BCUT2D eigenvalue weighted by Gasteiger charge is -2.09. The average molecular weight is 152 g/mol. The van der Waals surface area contributed by atoms with Crippen LogP contribution in [0.2, 0.25) is 0 Å². The first-order valence-electron chi connectivity index (χ1n) is 3.96. The molecule has 1 aromatic rings. The summed E-state index contributed by atoms with van der Waals surface area (Å²) in [6.45, 7) is 3.78. The van der Waals surface area contributed by atoms with Crippen molar-refractivity contribution in [3.63, 3.8) is 0 Å². The van der Waals surface area contributed by atoms with Crippen LogP contribution in [0, 0.1) is 6.92 Å². The zero-order valence-electron chi connectivity index (χ0n) is 6.66. The molecule has 3 nitrogen and oxygen atoms in total. The number of hydrogen-bond acceptors (Lipinski definition) is 2. The van der Waals surface area contributed by atoms with Crippen LogP contribution >= 0.6 is 0 Å². The molecule has 1 fully saturated rings. The fraction of sp³-hybridized carbons (Fsp3) is 0.625. The SMILES string of the molecule is Cc1ccnn1C1CCOC1. The molecule has 2 heterocycles. The molecule has 1 atom stereocenters. The van der Waals surface area contributed by atoms with Crippen LogP contribution in [0.4, 0.5) is 0 Å². The molecule has 3 heteroatoms. The van der Waals surface area contributed by atoms with Crippen LogP contribution in [0.25, 0.3) is 0 Å². The van der Waals surface area contributed by atoms with Gasteiger partial charge in [-0.25, -0.2) is 0 Å². The van der Waals surface area contributed by atoms with E-state index in [4.69, 9.17) is 4.74 Å². The first kappa shape index (κ1) is 6.85. The highest BCUT2D eigenvalue weighted by Gasteiger charge is 2.18. The van der Waals surface area contributed by atoms with E-state index in [-0.39, 0.29) is 0 Å². The van der Waals surface area contributed by atoms with Crippen molar-refractivity contribution in [1.29, 1.82) is 0 Å². The highest BCUT2D eigenvalue weighted by molar-refractivity contribution is 4.98. The van der Waals surface area contributed by atoms with Crippen molar-refractivity contribution in [3.8, 4) is 0 Å². The Morgan fingerprint density at radius 1 is 1.73 bits per heavy atom. The number of aryl methyl sites for hydroxylation is 1. The predicted molar refractivity (Wildman–Crippen MR) is 41.4 cm³/mol. The van der Waals surface area contributed by atoms with E-state index in [1.54, 1.807) is 0 Å². The highest BCUT2D eigenvalue weighted by Crippen LogP contribution is 2.18. The molecule has 0 spiro atoms. The molecule has 0 N–H and O–H groups in total. The Morgan fingerprint density at radius 2 is 2.64 bits per heavy atom. The molecule has 1 aliphatic rings. The normalized spacial score (nSPS) is 24.3. The second-order valence-electron chi connectivity index (χ2n) is 2.93. The summed E-state index contributed by atoms with van der Waals surface area (Å²) in [5.41, 5.74) is 1.22.